The van der Waals surface area contributed by atoms with E-state index in [9.17, 15) is 0 Å². The second-order valence-corrected chi connectivity index (χ2v) is 5.40. The summed E-state index contributed by atoms with van der Waals surface area (Å²) in [5, 5.41) is 0. The number of nitrogens with two attached hydrogens (primary N) is 1. The van der Waals surface area contributed by atoms with Gasteiger partial charge in [0.15, 0.2) is 0 Å². The average molecular weight is 239 g/mol. The molecule has 1 fully saturated rings. The van der Waals surface area contributed by atoms with E-state index < -0.39 is 0 Å². The quantitative estimate of drug-likeness (QED) is 0.776. The Hall–Kier alpha value is -0.640. The van der Waals surface area contributed by atoms with Gasteiger partial charge in [-0.05, 0) is 37.7 Å². The molecule has 1 aliphatic carbocycles. The summed E-state index contributed by atoms with van der Waals surface area (Å²) in [5.41, 5.74) is 7.32. The number of nitrogen functional groups attached to an aromatic ring is 1. The van der Waals surface area contributed by atoms with Gasteiger partial charge in [-0.1, -0.05) is 6.92 Å². The van der Waals surface area contributed by atoms with Crippen LogP contribution in [0.1, 0.15) is 43.7 Å². The van der Waals surface area contributed by atoms with Crippen molar-refractivity contribution < 1.29 is 0 Å². The number of anilines is 1. The van der Waals surface area contributed by atoms with E-state index in [0.29, 0.717) is 6.04 Å². The molecule has 0 spiro atoms. The van der Waals surface area contributed by atoms with Crippen molar-refractivity contribution in [3.63, 3.8) is 0 Å². The van der Waals surface area contributed by atoms with Crippen LogP contribution < -0.4 is 5.73 Å². The van der Waals surface area contributed by atoms with Gasteiger partial charge in [-0.15, -0.1) is 0 Å². The highest BCUT2D eigenvalue weighted by molar-refractivity contribution is 7.98. The fourth-order valence-corrected chi connectivity index (χ4v) is 2.54. The fourth-order valence-electron chi connectivity index (χ4n) is 2.10. The smallest absolute Gasteiger partial charge is 0.127 e. The predicted molar refractivity (Wildman–Crippen MR) is 71.0 cm³/mol. The van der Waals surface area contributed by atoms with Gasteiger partial charge in [-0.2, -0.15) is 11.8 Å². The second kappa shape index (κ2) is 5.13. The third-order valence-corrected chi connectivity index (χ3v) is 3.78. The maximum atomic E-state index is 6.20. The Kier molecular flexibility index (Phi) is 3.79. The van der Waals surface area contributed by atoms with Crippen molar-refractivity contribution in [2.75, 3.05) is 17.7 Å². The number of aryl methyl sites for hydroxylation is 2. The Balaban J connectivity index is 2.12. The van der Waals surface area contributed by atoms with Crippen molar-refractivity contribution in [1.29, 1.82) is 0 Å². The van der Waals surface area contributed by atoms with E-state index >= 15 is 0 Å². The number of aromatic nitrogens is 2. The normalized spacial score (nSPS) is 15.6. The maximum absolute atomic E-state index is 6.20. The molecular formula is C12H21N3S. The first kappa shape index (κ1) is 11.8. The van der Waals surface area contributed by atoms with Crippen molar-refractivity contribution >= 4 is 17.6 Å². The van der Waals surface area contributed by atoms with Crippen LogP contribution in [0, 0.1) is 0 Å². The Bertz CT molecular complexity index is 355. The third kappa shape index (κ3) is 2.37. The standard InChI is InChI=1S/C12H21N3S/c1-3-11-14-10(5-4-8-16-2)12(13)15(11)9-6-7-9/h9H,3-8,13H2,1-2H3. The Morgan fingerprint density at radius 1 is 1.50 bits per heavy atom. The summed E-state index contributed by atoms with van der Waals surface area (Å²) >= 11 is 1.89. The molecule has 0 aromatic carbocycles. The van der Waals surface area contributed by atoms with Crippen LogP contribution in [-0.4, -0.2) is 21.6 Å². The highest BCUT2D eigenvalue weighted by atomic mass is 32.2. The molecule has 3 nitrogen and oxygen atoms in total. The molecule has 0 radical (unpaired) electrons. The van der Waals surface area contributed by atoms with Crippen LogP contribution in [0.2, 0.25) is 0 Å². The SMILES string of the molecule is CCc1nc(CCCSC)c(N)n1C1CC1. The lowest BCUT2D eigenvalue weighted by Crippen LogP contribution is -2.05. The third-order valence-electron chi connectivity index (χ3n) is 3.09. The van der Waals surface area contributed by atoms with Gasteiger partial charge in [0.25, 0.3) is 0 Å². The van der Waals surface area contributed by atoms with Gasteiger partial charge < -0.3 is 10.3 Å². The Morgan fingerprint density at radius 3 is 2.81 bits per heavy atom. The zero-order valence-corrected chi connectivity index (χ0v) is 11.0. The van der Waals surface area contributed by atoms with Crippen LogP contribution in [0.5, 0.6) is 0 Å². The molecule has 1 aromatic heterocycles. The maximum Gasteiger partial charge on any atom is 0.127 e. The van der Waals surface area contributed by atoms with Gasteiger partial charge in [-0.3, -0.25) is 0 Å². The number of hydrogen-bond donors (Lipinski definition) is 1. The fraction of sp³-hybridized carbons (Fsp3) is 0.750. The van der Waals surface area contributed by atoms with E-state index in [0.717, 1.165) is 24.4 Å². The first-order valence-corrected chi connectivity index (χ1v) is 7.51. The summed E-state index contributed by atoms with van der Waals surface area (Å²) in [6.45, 7) is 2.16. The van der Waals surface area contributed by atoms with Crippen LogP contribution >= 0.6 is 11.8 Å². The van der Waals surface area contributed by atoms with Gasteiger partial charge in [0.05, 0.1) is 5.69 Å². The highest BCUT2D eigenvalue weighted by Gasteiger charge is 2.28. The monoisotopic (exact) mass is 239 g/mol. The lowest BCUT2D eigenvalue weighted by Gasteiger charge is -2.06. The molecule has 2 rings (SSSR count). The van der Waals surface area contributed by atoms with Crippen molar-refractivity contribution in [1.82, 2.24) is 9.55 Å². The van der Waals surface area contributed by atoms with Crippen LogP contribution in [0.15, 0.2) is 0 Å². The summed E-state index contributed by atoms with van der Waals surface area (Å²) in [6, 6.07) is 0.650. The minimum absolute atomic E-state index is 0.650. The highest BCUT2D eigenvalue weighted by Crippen LogP contribution is 2.39. The first-order chi connectivity index (χ1) is 7.77. The summed E-state index contributed by atoms with van der Waals surface area (Å²) < 4.78 is 2.27. The van der Waals surface area contributed by atoms with Crippen LogP contribution in [0.3, 0.4) is 0 Å². The van der Waals surface area contributed by atoms with Gasteiger partial charge in [0.1, 0.15) is 11.6 Å². The lowest BCUT2D eigenvalue weighted by molar-refractivity contribution is 0.696. The molecule has 0 atom stereocenters. The molecule has 1 aromatic rings. The zero-order valence-electron chi connectivity index (χ0n) is 10.2. The molecule has 1 saturated carbocycles. The topological polar surface area (TPSA) is 43.8 Å². The van der Waals surface area contributed by atoms with Crippen LogP contribution in [0.4, 0.5) is 5.82 Å². The van der Waals surface area contributed by atoms with E-state index in [2.05, 4.69) is 22.7 Å². The van der Waals surface area contributed by atoms with Crippen molar-refractivity contribution in [3.05, 3.63) is 11.5 Å². The van der Waals surface area contributed by atoms with Gasteiger partial charge in [-0.25, -0.2) is 4.98 Å². The largest absolute Gasteiger partial charge is 0.384 e. The lowest BCUT2D eigenvalue weighted by atomic mass is 10.2. The summed E-state index contributed by atoms with van der Waals surface area (Å²) in [6.07, 6.45) is 7.89. The molecule has 4 heteroatoms. The van der Waals surface area contributed by atoms with E-state index in [1.54, 1.807) is 0 Å². The van der Waals surface area contributed by atoms with Crippen molar-refractivity contribution in [2.24, 2.45) is 0 Å². The van der Waals surface area contributed by atoms with Crippen molar-refractivity contribution in [2.45, 2.75) is 45.1 Å². The molecule has 0 amide bonds. The number of rotatable bonds is 6. The molecule has 1 aliphatic rings. The number of thioether (sulfide) groups is 1. The molecule has 16 heavy (non-hydrogen) atoms. The molecule has 2 N–H and O–H groups in total. The first-order valence-electron chi connectivity index (χ1n) is 6.12. The van der Waals surface area contributed by atoms with Gasteiger partial charge in [0, 0.05) is 12.5 Å². The Morgan fingerprint density at radius 2 is 2.25 bits per heavy atom. The zero-order chi connectivity index (χ0) is 11.5. The van der Waals surface area contributed by atoms with E-state index in [1.165, 1.54) is 30.8 Å². The molecule has 1 heterocycles. The minimum Gasteiger partial charge on any atom is -0.384 e. The summed E-state index contributed by atoms with van der Waals surface area (Å²) in [4.78, 5) is 4.69. The molecule has 0 unspecified atom stereocenters. The molecular weight excluding hydrogens is 218 g/mol. The molecule has 0 bridgehead atoms. The Labute approximate surface area is 102 Å². The summed E-state index contributed by atoms with van der Waals surface area (Å²) in [5.74, 6) is 3.30. The molecule has 0 saturated heterocycles. The van der Waals surface area contributed by atoms with E-state index in [1.807, 2.05) is 11.8 Å². The number of imidazole rings is 1. The van der Waals surface area contributed by atoms with Gasteiger partial charge in [0.2, 0.25) is 0 Å². The van der Waals surface area contributed by atoms with E-state index in [-0.39, 0.29) is 0 Å². The van der Waals surface area contributed by atoms with Crippen LogP contribution in [0.25, 0.3) is 0 Å². The molecule has 0 aliphatic heterocycles. The average Bonchev–Trinajstić information content (AvgIpc) is 3.06. The van der Waals surface area contributed by atoms with Crippen LogP contribution in [-0.2, 0) is 12.8 Å². The minimum atomic E-state index is 0.650. The number of nitrogens with zero attached hydrogens (tertiary/aromatic N) is 2. The number of hydrogen-bond acceptors (Lipinski definition) is 3. The summed E-state index contributed by atoms with van der Waals surface area (Å²) in [7, 11) is 0. The second-order valence-electron chi connectivity index (χ2n) is 4.41. The van der Waals surface area contributed by atoms with E-state index in [4.69, 9.17) is 5.73 Å². The van der Waals surface area contributed by atoms with Crippen molar-refractivity contribution in [3.8, 4) is 0 Å². The molecule has 90 valence electrons. The van der Waals surface area contributed by atoms with Gasteiger partial charge >= 0.3 is 0 Å². The predicted octanol–water partition coefficient (Wildman–Crippen LogP) is 2.66.